The lowest BCUT2D eigenvalue weighted by atomic mass is 10.1. The van der Waals surface area contributed by atoms with E-state index in [1.54, 1.807) is 11.8 Å². The molecule has 2 aromatic heterocycles. The van der Waals surface area contributed by atoms with Crippen LogP contribution in [0.25, 0.3) is 11.4 Å². The largest absolute Gasteiger partial charge is 0.305 e. The first-order chi connectivity index (χ1) is 12.6. The molecular weight excluding hydrogens is 388 g/mol. The highest BCUT2D eigenvalue weighted by atomic mass is 32.2. The quantitative estimate of drug-likeness (QED) is 0.475. The fraction of sp³-hybridized carbons (Fsp3) is 0.312. The minimum absolute atomic E-state index is 0.140. The van der Waals surface area contributed by atoms with Crippen LogP contribution in [0, 0.1) is 6.92 Å². The third-order valence-corrected chi connectivity index (χ3v) is 6.24. The Morgan fingerprint density at radius 2 is 2.08 bits per heavy atom. The zero-order chi connectivity index (χ0) is 18.5. The number of aromatic nitrogens is 5. The first kappa shape index (κ1) is 18.9. The van der Waals surface area contributed by atoms with Crippen molar-refractivity contribution in [1.82, 2.24) is 25.0 Å². The van der Waals surface area contributed by atoms with Crippen molar-refractivity contribution in [3.8, 4) is 11.4 Å². The number of benzene rings is 1. The molecule has 7 nitrogen and oxygen atoms in total. The van der Waals surface area contributed by atoms with E-state index in [0.29, 0.717) is 10.3 Å². The predicted molar refractivity (Wildman–Crippen MR) is 107 cm³/mol. The van der Waals surface area contributed by atoms with E-state index in [2.05, 4.69) is 31.8 Å². The van der Waals surface area contributed by atoms with Crippen molar-refractivity contribution in [1.29, 1.82) is 0 Å². The molecule has 2 heterocycles. The van der Waals surface area contributed by atoms with Crippen LogP contribution in [0.4, 0.5) is 5.13 Å². The summed E-state index contributed by atoms with van der Waals surface area (Å²) in [4.78, 5) is 12.1. The maximum Gasteiger partial charge on any atom is 0.236 e. The Balaban J connectivity index is 1.60. The lowest BCUT2D eigenvalue weighted by Crippen LogP contribution is -2.14. The molecule has 1 aromatic carbocycles. The van der Waals surface area contributed by atoms with Crippen LogP contribution in [0.1, 0.15) is 12.5 Å². The van der Waals surface area contributed by atoms with Gasteiger partial charge in [0.1, 0.15) is 0 Å². The molecule has 0 unspecified atom stereocenters. The van der Waals surface area contributed by atoms with Gasteiger partial charge >= 0.3 is 0 Å². The molecular formula is C16H18N6OS3. The number of hydrogen-bond acceptors (Lipinski definition) is 8. The summed E-state index contributed by atoms with van der Waals surface area (Å²) in [6.07, 6.45) is 0. The van der Waals surface area contributed by atoms with Crippen molar-refractivity contribution in [2.24, 2.45) is 7.05 Å². The molecule has 0 radical (unpaired) electrons. The maximum absolute atomic E-state index is 12.1. The minimum Gasteiger partial charge on any atom is -0.305 e. The molecule has 0 aliphatic rings. The Labute approximate surface area is 164 Å². The van der Waals surface area contributed by atoms with E-state index in [1.807, 2.05) is 43.7 Å². The smallest absolute Gasteiger partial charge is 0.236 e. The Morgan fingerprint density at radius 1 is 1.23 bits per heavy atom. The number of amides is 1. The Kier molecular flexibility index (Phi) is 6.28. The molecule has 0 aliphatic carbocycles. The van der Waals surface area contributed by atoms with Gasteiger partial charge in [-0.25, -0.2) is 0 Å². The summed E-state index contributed by atoms with van der Waals surface area (Å²) < 4.78 is 2.75. The van der Waals surface area contributed by atoms with Crippen molar-refractivity contribution in [2.75, 3.05) is 16.8 Å². The zero-order valence-electron chi connectivity index (χ0n) is 14.6. The molecule has 1 N–H and O–H groups in total. The highest BCUT2D eigenvalue weighted by molar-refractivity contribution is 8.01. The molecule has 1 amide bonds. The average molecular weight is 407 g/mol. The maximum atomic E-state index is 12.1. The molecule has 0 atom stereocenters. The molecule has 136 valence electrons. The van der Waals surface area contributed by atoms with Crippen molar-refractivity contribution >= 4 is 45.9 Å². The van der Waals surface area contributed by atoms with Gasteiger partial charge in [0, 0.05) is 12.6 Å². The van der Waals surface area contributed by atoms with Gasteiger partial charge in [-0.05, 0) is 18.7 Å². The van der Waals surface area contributed by atoms with E-state index < -0.39 is 0 Å². The summed E-state index contributed by atoms with van der Waals surface area (Å²) in [7, 11) is 1.90. The fourth-order valence-corrected chi connectivity index (χ4v) is 4.58. The highest BCUT2D eigenvalue weighted by Crippen LogP contribution is 2.26. The monoisotopic (exact) mass is 406 g/mol. The van der Waals surface area contributed by atoms with Gasteiger partial charge in [0.2, 0.25) is 11.0 Å². The normalized spacial score (nSPS) is 10.9. The summed E-state index contributed by atoms with van der Waals surface area (Å²) in [5, 5.41) is 20.4. The summed E-state index contributed by atoms with van der Waals surface area (Å²) in [6, 6.07) is 8.09. The number of carbonyl (C=O) groups excluding carboxylic acids is 1. The van der Waals surface area contributed by atoms with Crippen molar-refractivity contribution in [2.45, 2.75) is 23.3 Å². The number of nitrogens with zero attached hydrogens (tertiary/aromatic N) is 5. The van der Waals surface area contributed by atoms with Crippen LogP contribution in [0.5, 0.6) is 0 Å². The lowest BCUT2D eigenvalue weighted by Gasteiger charge is -2.04. The molecule has 3 rings (SSSR count). The van der Waals surface area contributed by atoms with E-state index >= 15 is 0 Å². The number of carbonyl (C=O) groups is 1. The van der Waals surface area contributed by atoms with Crippen LogP contribution in [0.2, 0.25) is 0 Å². The van der Waals surface area contributed by atoms with Gasteiger partial charge in [0.15, 0.2) is 15.3 Å². The number of nitrogens with one attached hydrogen (secondary N) is 1. The summed E-state index contributed by atoms with van der Waals surface area (Å²) >= 11 is 4.32. The second-order valence-corrected chi connectivity index (χ2v) is 8.81. The minimum atomic E-state index is -0.140. The molecule has 0 saturated heterocycles. The van der Waals surface area contributed by atoms with Gasteiger partial charge < -0.3 is 4.57 Å². The topological polar surface area (TPSA) is 85.6 Å². The zero-order valence-corrected chi connectivity index (χ0v) is 17.0. The predicted octanol–water partition coefficient (Wildman–Crippen LogP) is 3.48. The van der Waals surface area contributed by atoms with E-state index in [1.165, 1.54) is 23.1 Å². The number of rotatable bonds is 7. The standard InChI is InChI=1S/C16H18N6OS3/c1-4-24-16-21-19-14(26-16)17-12(23)9-25-15-20-18-13(22(15)3)11-7-5-6-10(2)8-11/h5-8H,4,9H2,1-3H3,(H,17,19,23). The third kappa shape index (κ3) is 4.63. The molecule has 26 heavy (non-hydrogen) atoms. The molecule has 0 aliphatic heterocycles. The summed E-state index contributed by atoms with van der Waals surface area (Å²) in [5.41, 5.74) is 2.17. The average Bonchev–Trinajstić information content (AvgIpc) is 3.20. The number of hydrogen-bond donors (Lipinski definition) is 1. The lowest BCUT2D eigenvalue weighted by molar-refractivity contribution is -0.113. The van der Waals surface area contributed by atoms with Crippen LogP contribution in [0.15, 0.2) is 33.8 Å². The van der Waals surface area contributed by atoms with Crippen LogP contribution in [-0.2, 0) is 11.8 Å². The number of aryl methyl sites for hydroxylation is 1. The molecule has 0 saturated carbocycles. The second kappa shape index (κ2) is 8.65. The van der Waals surface area contributed by atoms with Gasteiger partial charge in [0.05, 0.1) is 5.75 Å². The van der Waals surface area contributed by atoms with E-state index in [0.717, 1.165) is 27.0 Å². The van der Waals surface area contributed by atoms with E-state index in [9.17, 15) is 4.79 Å². The van der Waals surface area contributed by atoms with Crippen LogP contribution >= 0.6 is 34.9 Å². The molecule has 10 heteroatoms. The third-order valence-electron chi connectivity index (χ3n) is 3.36. The van der Waals surface area contributed by atoms with Crippen molar-refractivity contribution < 1.29 is 4.79 Å². The SMILES string of the molecule is CCSc1nnc(NC(=O)CSc2nnc(-c3cccc(C)c3)n2C)s1. The van der Waals surface area contributed by atoms with Gasteiger partial charge in [-0.2, -0.15) is 0 Å². The second-order valence-electron chi connectivity index (χ2n) is 5.38. The van der Waals surface area contributed by atoms with E-state index in [4.69, 9.17) is 0 Å². The number of anilines is 1. The summed E-state index contributed by atoms with van der Waals surface area (Å²) in [5.74, 6) is 1.80. The van der Waals surface area contributed by atoms with Crippen LogP contribution in [-0.4, -0.2) is 42.4 Å². The van der Waals surface area contributed by atoms with Gasteiger partial charge in [0.25, 0.3) is 0 Å². The fourth-order valence-electron chi connectivity index (χ4n) is 2.20. The first-order valence-corrected chi connectivity index (χ1v) is 10.7. The summed E-state index contributed by atoms with van der Waals surface area (Å²) in [6.45, 7) is 4.09. The van der Waals surface area contributed by atoms with Gasteiger partial charge in [-0.15, -0.1) is 20.4 Å². The van der Waals surface area contributed by atoms with Crippen LogP contribution < -0.4 is 5.32 Å². The van der Waals surface area contributed by atoms with Crippen molar-refractivity contribution in [3.63, 3.8) is 0 Å². The molecule has 3 aromatic rings. The molecule has 0 fully saturated rings. The Hall–Kier alpha value is -1.91. The van der Waals surface area contributed by atoms with Gasteiger partial charge in [-0.3, -0.25) is 10.1 Å². The van der Waals surface area contributed by atoms with Gasteiger partial charge in [-0.1, -0.05) is 65.5 Å². The highest BCUT2D eigenvalue weighted by Gasteiger charge is 2.14. The first-order valence-electron chi connectivity index (χ1n) is 7.92. The van der Waals surface area contributed by atoms with Crippen LogP contribution in [0.3, 0.4) is 0 Å². The Morgan fingerprint density at radius 3 is 2.85 bits per heavy atom. The van der Waals surface area contributed by atoms with Crippen molar-refractivity contribution in [3.05, 3.63) is 29.8 Å². The number of thioether (sulfide) groups is 2. The Bertz CT molecular complexity index is 907. The van der Waals surface area contributed by atoms with E-state index in [-0.39, 0.29) is 11.7 Å². The molecule has 0 spiro atoms. The molecule has 0 bridgehead atoms.